The van der Waals surface area contributed by atoms with Crippen molar-refractivity contribution in [2.75, 3.05) is 6.54 Å². The van der Waals surface area contributed by atoms with Gasteiger partial charge in [0.2, 0.25) is 5.88 Å². The van der Waals surface area contributed by atoms with Gasteiger partial charge in [-0.2, -0.15) is 0 Å². The Morgan fingerprint density at radius 2 is 2.12 bits per heavy atom. The molecule has 1 heterocycles. The van der Waals surface area contributed by atoms with E-state index >= 15 is 0 Å². The minimum Gasteiger partial charge on any atom is -0.475 e. The van der Waals surface area contributed by atoms with Crippen LogP contribution in [0.4, 0.5) is 0 Å². The van der Waals surface area contributed by atoms with Gasteiger partial charge in [-0.3, -0.25) is 0 Å². The second kappa shape index (κ2) is 6.48. The van der Waals surface area contributed by atoms with Crippen molar-refractivity contribution in [1.29, 1.82) is 0 Å². The fourth-order valence-corrected chi connectivity index (χ4v) is 1.52. The third-order valence-corrected chi connectivity index (χ3v) is 2.10. The lowest BCUT2D eigenvalue weighted by Gasteiger charge is -2.11. The summed E-state index contributed by atoms with van der Waals surface area (Å²) in [5.74, 6) is 0.725. The normalized spacial score (nSPS) is 10.8. The molecule has 0 spiro atoms. The van der Waals surface area contributed by atoms with Crippen LogP contribution in [0.25, 0.3) is 0 Å². The van der Waals surface area contributed by atoms with Crippen molar-refractivity contribution in [3.8, 4) is 5.88 Å². The molecule has 1 aromatic heterocycles. The Balaban J connectivity index is 2.65. The van der Waals surface area contributed by atoms with Crippen molar-refractivity contribution in [1.82, 2.24) is 10.3 Å². The molecule has 0 aromatic carbocycles. The molecule has 0 aliphatic heterocycles. The van der Waals surface area contributed by atoms with Crippen LogP contribution >= 0.6 is 0 Å². The van der Waals surface area contributed by atoms with Crippen molar-refractivity contribution in [2.24, 2.45) is 0 Å². The molecular formula is C13H22N2O. The van der Waals surface area contributed by atoms with Crippen LogP contribution in [-0.4, -0.2) is 17.6 Å². The van der Waals surface area contributed by atoms with Gasteiger partial charge in [-0.1, -0.05) is 6.92 Å². The predicted molar refractivity (Wildman–Crippen MR) is 66.7 cm³/mol. The van der Waals surface area contributed by atoms with Crippen LogP contribution in [0.3, 0.4) is 0 Å². The SMILES string of the molecule is CCCNCc1cc(C)nc(OC(C)C)c1. The van der Waals surface area contributed by atoms with Crippen LogP contribution in [0.5, 0.6) is 5.88 Å². The lowest BCUT2D eigenvalue weighted by Crippen LogP contribution is -2.14. The van der Waals surface area contributed by atoms with Gasteiger partial charge in [0.05, 0.1) is 6.10 Å². The molecule has 90 valence electrons. The van der Waals surface area contributed by atoms with E-state index in [-0.39, 0.29) is 6.10 Å². The molecule has 0 bridgehead atoms. The first-order chi connectivity index (χ1) is 7.61. The molecule has 1 rings (SSSR count). The average molecular weight is 222 g/mol. The van der Waals surface area contributed by atoms with Crippen molar-refractivity contribution in [3.05, 3.63) is 23.4 Å². The number of aryl methyl sites for hydroxylation is 1. The molecule has 3 nitrogen and oxygen atoms in total. The van der Waals surface area contributed by atoms with E-state index in [1.165, 1.54) is 5.56 Å². The zero-order valence-electron chi connectivity index (χ0n) is 10.7. The maximum absolute atomic E-state index is 5.60. The highest BCUT2D eigenvalue weighted by Gasteiger charge is 2.03. The number of hydrogen-bond donors (Lipinski definition) is 1. The summed E-state index contributed by atoms with van der Waals surface area (Å²) >= 11 is 0. The Kier molecular flexibility index (Phi) is 5.26. The largest absolute Gasteiger partial charge is 0.475 e. The maximum atomic E-state index is 5.60. The highest BCUT2D eigenvalue weighted by atomic mass is 16.5. The number of pyridine rings is 1. The first kappa shape index (κ1) is 13.0. The van der Waals surface area contributed by atoms with E-state index in [2.05, 4.69) is 23.3 Å². The van der Waals surface area contributed by atoms with E-state index in [0.717, 1.165) is 31.1 Å². The van der Waals surface area contributed by atoms with Gasteiger partial charge in [-0.15, -0.1) is 0 Å². The lowest BCUT2D eigenvalue weighted by molar-refractivity contribution is 0.232. The van der Waals surface area contributed by atoms with E-state index in [9.17, 15) is 0 Å². The predicted octanol–water partition coefficient (Wildman–Crippen LogP) is 2.68. The Morgan fingerprint density at radius 1 is 1.38 bits per heavy atom. The molecule has 1 N–H and O–H groups in total. The molecule has 0 aliphatic carbocycles. The number of rotatable bonds is 6. The fourth-order valence-electron chi connectivity index (χ4n) is 1.52. The summed E-state index contributed by atoms with van der Waals surface area (Å²) in [4.78, 5) is 4.35. The van der Waals surface area contributed by atoms with Crippen LogP contribution in [0.15, 0.2) is 12.1 Å². The first-order valence-corrected chi connectivity index (χ1v) is 5.96. The van der Waals surface area contributed by atoms with Gasteiger partial charge in [-0.05, 0) is 45.4 Å². The van der Waals surface area contributed by atoms with Gasteiger partial charge in [0.25, 0.3) is 0 Å². The number of nitrogens with zero attached hydrogens (tertiary/aromatic N) is 1. The van der Waals surface area contributed by atoms with Gasteiger partial charge >= 0.3 is 0 Å². The first-order valence-electron chi connectivity index (χ1n) is 5.96. The number of hydrogen-bond acceptors (Lipinski definition) is 3. The Morgan fingerprint density at radius 3 is 2.75 bits per heavy atom. The highest BCUT2D eigenvalue weighted by molar-refractivity contribution is 5.24. The van der Waals surface area contributed by atoms with Gasteiger partial charge < -0.3 is 10.1 Å². The lowest BCUT2D eigenvalue weighted by atomic mass is 10.2. The Labute approximate surface area is 98.2 Å². The van der Waals surface area contributed by atoms with Gasteiger partial charge in [-0.25, -0.2) is 4.98 Å². The number of ether oxygens (including phenoxy) is 1. The van der Waals surface area contributed by atoms with Crippen LogP contribution in [0.1, 0.15) is 38.4 Å². The maximum Gasteiger partial charge on any atom is 0.213 e. The zero-order valence-corrected chi connectivity index (χ0v) is 10.7. The standard InChI is InChI=1S/C13H22N2O/c1-5-6-14-9-12-7-11(4)15-13(8-12)16-10(2)3/h7-8,10,14H,5-6,9H2,1-4H3. The third kappa shape index (κ3) is 4.62. The molecule has 0 amide bonds. The van der Waals surface area contributed by atoms with Crippen molar-refractivity contribution in [2.45, 2.75) is 46.8 Å². The van der Waals surface area contributed by atoms with Crippen LogP contribution < -0.4 is 10.1 Å². The molecule has 0 saturated carbocycles. The molecule has 0 atom stereocenters. The van der Waals surface area contributed by atoms with Crippen molar-refractivity contribution >= 4 is 0 Å². The molecule has 3 heteroatoms. The second-order valence-corrected chi connectivity index (χ2v) is 4.30. The van der Waals surface area contributed by atoms with Crippen molar-refractivity contribution in [3.63, 3.8) is 0 Å². The minimum absolute atomic E-state index is 0.172. The van der Waals surface area contributed by atoms with E-state index < -0.39 is 0 Å². The quantitative estimate of drug-likeness (QED) is 0.751. The molecule has 16 heavy (non-hydrogen) atoms. The molecule has 0 fully saturated rings. The molecule has 0 unspecified atom stereocenters. The van der Waals surface area contributed by atoms with Crippen LogP contribution in [0, 0.1) is 6.92 Å². The monoisotopic (exact) mass is 222 g/mol. The molecule has 0 aliphatic rings. The average Bonchev–Trinajstić information content (AvgIpc) is 2.16. The summed E-state index contributed by atoms with van der Waals surface area (Å²) < 4.78 is 5.60. The minimum atomic E-state index is 0.172. The van der Waals surface area contributed by atoms with Crippen LogP contribution in [0.2, 0.25) is 0 Å². The zero-order chi connectivity index (χ0) is 12.0. The van der Waals surface area contributed by atoms with E-state index in [1.54, 1.807) is 0 Å². The Hall–Kier alpha value is -1.09. The summed E-state index contributed by atoms with van der Waals surface area (Å²) in [5.41, 5.74) is 2.24. The van der Waals surface area contributed by atoms with Gasteiger partial charge in [0.1, 0.15) is 0 Å². The van der Waals surface area contributed by atoms with Gasteiger partial charge in [0, 0.05) is 18.3 Å². The molecule has 1 aromatic rings. The molecule has 0 radical (unpaired) electrons. The van der Waals surface area contributed by atoms with E-state index in [0.29, 0.717) is 0 Å². The van der Waals surface area contributed by atoms with E-state index in [1.807, 2.05) is 26.8 Å². The molecular weight excluding hydrogens is 200 g/mol. The van der Waals surface area contributed by atoms with Crippen LogP contribution in [-0.2, 0) is 6.54 Å². The summed E-state index contributed by atoms with van der Waals surface area (Å²) in [6, 6.07) is 4.10. The van der Waals surface area contributed by atoms with Gasteiger partial charge in [0.15, 0.2) is 0 Å². The summed E-state index contributed by atoms with van der Waals surface area (Å²) in [6.45, 7) is 10.1. The highest BCUT2D eigenvalue weighted by Crippen LogP contribution is 2.13. The number of nitrogens with one attached hydrogen (secondary N) is 1. The topological polar surface area (TPSA) is 34.2 Å². The summed E-state index contributed by atoms with van der Waals surface area (Å²) in [7, 11) is 0. The number of aromatic nitrogens is 1. The fraction of sp³-hybridized carbons (Fsp3) is 0.615. The van der Waals surface area contributed by atoms with E-state index in [4.69, 9.17) is 4.74 Å². The summed E-state index contributed by atoms with van der Waals surface area (Å²) in [6.07, 6.45) is 1.32. The smallest absolute Gasteiger partial charge is 0.213 e. The second-order valence-electron chi connectivity index (χ2n) is 4.30. The Bertz CT molecular complexity index is 324. The summed E-state index contributed by atoms with van der Waals surface area (Å²) in [5, 5.41) is 3.38. The molecule has 0 saturated heterocycles. The van der Waals surface area contributed by atoms with Crippen molar-refractivity contribution < 1.29 is 4.74 Å². The third-order valence-electron chi connectivity index (χ3n) is 2.10.